The predicted octanol–water partition coefficient (Wildman–Crippen LogP) is 2.39. The number of nitrogens with zero attached hydrogens (tertiary/aromatic N) is 4. The molecule has 1 fully saturated rings. The fourth-order valence-electron chi connectivity index (χ4n) is 3.50. The van der Waals surface area contributed by atoms with E-state index in [4.69, 9.17) is 0 Å². The Bertz CT molecular complexity index is 728. The lowest BCUT2D eigenvalue weighted by molar-refractivity contribution is 0.0692. The highest BCUT2D eigenvalue weighted by molar-refractivity contribution is 6.05. The van der Waals surface area contributed by atoms with Crippen molar-refractivity contribution < 1.29 is 4.79 Å². The zero-order chi connectivity index (χ0) is 17.3. The molecule has 130 valence electrons. The summed E-state index contributed by atoms with van der Waals surface area (Å²) >= 11 is 0. The van der Waals surface area contributed by atoms with Gasteiger partial charge in [-0.15, -0.1) is 0 Å². The Labute approximate surface area is 143 Å². The van der Waals surface area contributed by atoms with Crippen molar-refractivity contribution in [2.45, 2.75) is 39.7 Å². The summed E-state index contributed by atoms with van der Waals surface area (Å²) in [6, 6.07) is 2.12. The molecule has 3 heterocycles. The van der Waals surface area contributed by atoms with Gasteiger partial charge in [0.2, 0.25) is 0 Å². The van der Waals surface area contributed by atoms with E-state index in [0.717, 1.165) is 54.8 Å². The van der Waals surface area contributed by atoms with E-state index in [1.165, 1.54) is 0 Å². The van der Waals surface area contributed by atoms with Crippen molar-refractivity contribution in [3.8, 4) is 0 Å². The number of hydrogen-bond acceptors (Lipinski definition) is 4. The topological polar surface area (TPSA) is 63.1 Å². The van der Waals surface area contributed by atoms with Crippen molar-refractivity contribution in [3.63, 3.8) is 0 Å². The molecule has 1 aliphatic rings. The van der Waals surface area contributed by atoms with Crippen LogP contribution in [-0.2, 0) is 0 Å². The van der Waals surface area contributed by atoms with Crippen molar-refractivity contribution in [2.24, 2.45) is 5.92 Å². The smallest absolute Gasteiger partial charge is 0.254 e. The lowest BCUT2D eigenvalue weighted by Gasteiger charge is -2.32. The van der Waals surface area contributed by atoms with Gasteiger partial charge in [-0.1, -0.05) is 0 Å². The summed E-state index contributed by atoms with van der Waals surface area (Å²) < 4.78 is 1.89. The molecule has 0 spiro atoms. The first kappa shape index (κ1) is 16.9. The molecular weight excluding hydrogens is 302 g/mol. The van der Waals surface area contributed by atoms with E-state index in [1.807, 2.05) is 29.6 Å². The molecule has 1 amide bonds. The van der Waals surface area contributed by atoms with Crippen LogP contribution in [0.15, 0.2) is 12.3 Å². The molecule has 1 N–H and O–H groups in total. The van der Waals surface area contributed by atoms with Crippen molar-refractivity contribution in [1.82, 2.24) is 25.0 Å². The maximum Gasteiger partial charge on any atom is 0.254 e. The van der Waals surface area contributed by atoms with Crippen molar-refractivity contribution in [2.75, 3.05) is 26.7 Å². The number of amides is 1. The Balaban J connectivity index is 1.88. The number of piperidine rings is 1. The third kappa shape index (κ3) is 3.15. The molecule has 0 atom stereocenters. The van der Waals surface area contributed by atoms with Gasteiger partial charge in [0, 0.05) is 24.8 Å². The van der Waals surface area contributed by atoms with E-state index in [-0.39, 0.29) is 11.9 Å². The van der Waals surface area contributed by atoms with Gasteiger partial charge in [-0.2, -0.15) is 5.10 Å². The average molecular weight is 329 g/mol. The number of fused-ring (bicyclic) bond motifs is 1. The lowest BCUT2D eigenvalue weighted by Crippen LogP contribution is -2.40. The van der Waals surface area contributed by atoms with Gasteiger partial charge < -0.3 is 10.2 Å². The molecule has 0 aliphatic carbocycles. The summed E-state index contributed by atoms with van der Waals surface area (Å²) in [5.41, 5.74) is 2.40. The maximum absolute atomic E-state index is 13.1. The summed E-state index contributed by atoms with van der Waals surface area (Å²) in [7, 11) is 1.99. The molecule has 2 aromatic rings. The Morgan fingerprint density at radius 3 is 2.71 bits per heavy atom. The number of likely N-dealkylation sites (tertiary alicyclic amines) is 1. The molecule has 6 nitrogen and oxygen atoms in total. The van der Waals surface area contributed by atoms with Crippen LogP contribution in [0.2, 0.25) is 0 Å². The number of carbonyl (C=O) groups excluding carboxylic acids is 1. The second kappa shape index (κ2) is 6.89. The zero-order valence-electron chi connectivity index (χ0n) is 15.0. The molecule has 0 unspecified atom stereocenters. The number of aromatic nitrogens is 3. The Morgan fingerprint density at radius 1 is 1.38 bits per heavy atom. The minimum atomic E-state index is 0.108. The van der Waals surface area contributed by atoms with Gasteiger partial charge in [0.1, 0.15) is 0 Å². The van der Waals surface area contributed by atoms with Crippen molar-refractivity contribution >= 4 is 16.9 Å². The lowest BCUT2D eigenvalue weighted by atomic mass is 9.96. The monoisotopic (exact) mass is 329 g/mol. The first-order chi connectivity index (χ1) is 11.5. The highest BCUT2D eigenvalue weighted by atomic mass is 16.2. The fraction of sp³-hybridized carbons (Fsp3) is 0.611. The van der Waals surface area contributed by atoms with Crippen LogP contribution in [0.1, 0.15) is 48.8 Å². The molecule has 0 saturated carbocycles. The molecule has 0 radical (unpaired) electrons. The second-order valence-corrected chi connectivity index (χ2v) is 7.02. The largest absolute Gasteiger partial charge is 0.339 e. The predicted molar refractivity (Wildman–Crippen MR) is 95.2 cm³/mol. The third-order valence-corrected chi connectivity index (χ3v) is 4.81. The van der Waals surface area contributed by atoms with E-state index in [0.29, 0.717) is 5.92 Å². The van der Waals surface area contributed by atoms with Crippen LogP contribution >= 0.6 is 0 Å². The maximum atomic E-state index is 13.1. The number of carbonyl (C=O) groups is 1. The van der Waals surface area contributed by atoms with Crippen molar-refractivity contribution in [1.29, 1.82) is 0 Å². The second-order valence-electron chi connectivity index (χ2n) is 7.02. The first-order valence-corrected chi connectivity index (χ1v) is 8.80. The highest BCUT2D eigenvalue weighted by Crippen LogP contribution is 2.24. The van der Waals surface area contributed by atoms with Gasteiger partial charge in [0.15, 0.2) is 5.65 Å². The molecule has 24 heavy (non-hydrogen) atoms. The van der Waals surface area contributed by atoms with Crippen molar-refractivity contribution in [3.05, 3.63) is 23.5 Å². The van der Waals surface area contributed by atoms with Gasteiger partial charge in [-0.05, 0) is 59.2 Å². The summed E-state index contributed by atoms with van der Waals surface area (Å²) in [4.78, 5) is 19.6. The molecule has 2 aromatic heterocycles. The average Bonchev–Trinajstić information content (AvgIpc) is 2.98. The van der Waals surface area contributed by atoms with E-state index < -0.39 is 0 Å². The minimum Gasteiger partial charge on any atom is -0.339 e. The molecule has 1 aliphatic heterocycles. The number of hydrogen-bond donors (Lipinski definition) is 1. The van der Waals surface area contributed by atoms with Crippen LogP contribution in [-0.4, -0.2) is 52.3 Å². The molecule has 0 bridgehead atoms. The van der Waals surface area contributed by atoms with Gasteiger partial charge in [-0.3, -0.25) is 4.79 Å². The number of nitrogens with one attached hydrogen (secondary N) is 1. The standard InChI is InChI=1S/C18H27N5O/c1-12(2)23-17-16(11-20-23)15(9-13(3)21-17)18(24)22-7-5-14(6-8-22)10-19-4/h9,11-12,14,19H,5-8,10H2,1-4H3. The SMILES string of the molecule is CNCC1CCN(C(=O)c2cc(C)nc3c2cnn3C(C)C)CC1. The summed E-state index contributed by atoms with van der Waals surface area (Å²) in [6.45, 7) is 8.77. The number of aryl methyl sites for hydroxylation is 1. The summed E-state index contributed by atoms with van der Waals surface area (Å²) in [5.74, 6) is 0.777. The van der Waals surface area contributed by atoms with Crippen LogP contribution < -0.4 is 5.32 Å². The number of pyridine rings is 1. The van der Waals surface area contributed by atoms with Crippen LogP contribution in [0.5, 0.6) is 0 Å². The van der Waals surface area contributed by atoms with E-state index in [1.54, 1.807) is 6.20 Å². The molecular formula is C18H27N5O. The Morgan fingerprint density at radius 2 is 2.08 bits per heavy atom. The molecule has 0 aromatic carbocycles. The molecule has 3 rings (SSSR count). The van der Waals surface area contributed by atoms with E-state index in [2.05, 4.69) is 29.2 Å². The minimum absolute atomic E-state index is 0.108. The quantitative estimate of drug-likeness (QED) is 0.935. The van der Waals surface area contributed by atoms with Crippen LogP contribution in [0.3, 0.4) is 0 Å². The summed E-state index contributed by atoms with van der Waals surface area (Å²) in [5, 5.41) is 8.53. The van der Waals surface area contributed by atoms with E-state index >= 15 is 0 Å². The molecule has 1 saturated heterocycles. The zero-order valence-corrected chi connectivity index (χ0v) is 15.0. The van der Waals surface area contributed by atoms with Crippen LogP contribution in [0, 0.1) is 12.8 Å². The van der Waals surface area contributed by atoms with E-state index in [9.17, 15) is 4.79 Å². The first-order valence-electron chi connectivity index (χ1n) is 8.80. The fourth-order valence-corrected chi connectivity index (χ4v) is 3.50. The normalized spacial score (nSPS) is 16.3. The van der Waals surface area contributed by atoms with Gasteiger partial charge in [0.05, 0.1) is 17.1 Å². The summed E-state index contributed by atoms with van der Waals surface area (Å²) in [6.07, 6.45) is 3.90. The van der Waals surface area contributed by atoms with Crippen LogP contribution in [0.4, 0.5) is 0 Å². The van der Waals surface area contributed by atoms with Gasteiger partial charge in [0.25, 0.3) is 5.91 Å². The highest BCUT2D eigenvalue weighted by Gasteiger charge is 2.25. The van der Waals surface area contributed by atoms with Gasteiger partial charge >= 0.3 is 0 Å². The number of rotatable bonds is 4. The molecule has 6 heteroatoms. The van der Waals surface area contributed by atoms with Crippen LogP contribution in [0.25, 0.3) is 11.0 Å². The Hall–Kier alpha value is -1.95. The Kier molecular flexibility index (Phi) is 4.85. The third-order valence-electron chi connectivity index (χ3n) is 4.81. The van der Waals surface area contributed by atoms with Gasteiger partial charge in [-0.25, -0.2) is 9.67 Å².